The molecule has 0 aliphatic carbocycles. The van der Waals surface area contributed by atoms with Gasteiger partial charge in [0.1, 0.15) is 22.5 Å². The van der Waals surface area contributed by atoms with Gasteiger partial charge in [0.05, 0.1) is 0 Å². The van der Waals surface area contributed by atoms with Gasteiger partial charge in [-0.15, -0.1) is 0 Å². The molecule has 126 valence electrons. The zero-order chi connectivity index (χ0) is 17.4. The first kappa shape index (κ1) is 15.7. The van der Waals surface area contributed by atoms with Crippen molar-refractivity contribution >= 4 is 16.5 Å². The minimum Gasteiger partial charge on any atom is -0.507 e. The van der Waals surface area contributed by atoms with E-state index in [1.165, 1.54) is 6.07 Å². The van der Waals surface area contributed by atoms with Crippen molar-refractivity contribution < 1.29 is 9.52 Å². The molecule has 0 spiro atoms. The number of nitrogens with one attached hydrogen (secondary N) is 1. The maximum atomic E-state index is 12.7. The van der Waals surface area contributed by atoms with E-state index in [9.17, 15) is 9.90 Å². The number of benzene rings is 2. The van der Waals surface area contributed by atoms with E-state index in [0.29, 0.717) is 11.3 Å². The maximum Gasteiger partial charge on any atom is 0.197 e. The summed E-state index contributed by atoms with van der Waals surface area (Å²) in [5.41, 5.74) is 4.18. The van der Waals surface area contributed by atoms with Gasteiger partial charge in [-0.05, 0) is 43.7 Å². The van der Waals surface area contributed by atoms with Crippen LogP contribution >= 0.6 is 0 Å². The predicted molar refractivity (Wildman–Crippen MR) is 99.8 cm³/mol. The van der Waals surface area contributed by atoms with E-state index < -0.39 is 0 Å². The number of rotatable bonds is 2. The quantitative estimate of drug-likeness (QED) is 0.748. The lowest BCUT2D eigenvalue weighted by Crippen LogP contribution is -2.20. The molecule has 4 heteroatoms. The van der Waals surface area contributed by atoms with Gasteiger partial charge in [0.15, 0.2) is 5.43 Å². The molecule has 2 N–H and O–H groups in total. The largest absolute Gasteiger partial charge is 0.507 e. The topological polar surface area (TPSA) is 62.5 Å². The van der Waals surface area contributed by atoms with Gasteiger partial charge in [0.25, 0.3) is 0 Å². The molecule has 1 aromatic heterocycles. The summed E-state index contributed by atoms with van der Waals surface area (Å²) in [6.07, 6.45) is 2.97. The lowest BCUT2D eigenvalue weighted by Gasteiger charge is -2.16. The van der Waals surface area contributed by atoms with Crippen LogP contribution in [0.3, 0.4) is 0 Å². The number of phenolic OH excluding ortho intramolecular Hbond substituents is 1. The second-order valence-corrected chi connectivity index (χ2v) is 6.36. The minimum absolute atomic E-state index is 0.0437. The fourth-order valence-corrected chi connectivity index (χ4v) is 3.31. The summed E-state index contributed by atoms with van der Waals surface area (Å²) in [7, 11) is 0. The van der Waals surface area contributed by atoms with E-state index in [4.69, 9.17) is 4.42 Å². The number of aryl methyl sites for hydroxylation is 1. The van der Waals surface area contributed by atoms with Crippen LogP contribution in [0.5, 0.6) is 5.75 Å². The summed E-state index contributed by atoms with van der Waals surface area (Å²) < 4.78 is 6.13. The minimum atomic E-state index is -0.230. The third-order valence-corrected chi connectivity index (χ3v) is 4.57. The first-order chi connectivity index (χ1) is 12.1. The predicted octanol–water partition coefficient (Wildman–Crippen LogP) is 3.85. The average Bonchev–Trinajstić information content (AvgIpc) is 2.62. The van der Waals surface area contributed by atoms with Crippen LogP contribution < -0.4 is 10.7 Å². The third kappa shape index (κ3) is 2.85. The zero-order valence-electron chi connectivity index (χ0n) is 14.0. The molecule has 0 atom stereocenters. The standard InChI is InChI=1S/C21H19NO3/c1-13-3-2-4-15(11-13)19-12-18(24)20-17(23)6-5-16(21(20)25-19)14-7-9-22-10-8-14/h2-7,11-12,22-23H,8-10H2,1H3. The van der Waals surface area contributed by atoms with Gasteiger partial charge in [-0.2, -0.15) is 0 Å². The van der Waals surface area contributed by atoms with Crippen molar-refractivity contribution in [3.8, 4) is 17.1 Å². The number of aromatic hydroxyl groups is 1. The Morgan fingerprint density at radius 1 is 1.16 bits per heavy atom. The fourth-order valence-electron chi connectivity index (χ4n) is 3.31. The lowest BCUT2D eigenvalue weighted by atomic mass is 9.97. The van der Waals surface area contributed by atoms with E-state index in [2.05, 4.69) is 11.4 Å². The molecule has 0 radical (unpaired) electrons. The van der Waals surface area contributed by atoms with Crippen LogP contribution in [0.1, 0.15) is 17.5 Å². The summed E-state index contributed by atoms with van der Waals surface area (Å²) in [4.78, 5) is 12.7. The molecule has 1 aliphatic rings. The van der Waals surface area contributed by atoms with Crippen LogP contribution in [0.25, 0.3) is 27.9 Å². The summed E-state index contributed by atoms with van der Waals surface area (Å²) >= 11 is 0. The molecule has 4 rings (SSSR count). The number of phenols is 1. The Balaban J connectivity index is 2.00. The molecular weight excluding hydrogens is 314 g/mol. The van der Waals surface area contributed by atoms with Crippen LogP contribution in [0.15, 0.2) is 57.8 Å². The molecule has 2 aromatic carbocycles. The van der Waals surface area contributed by atoms with E-state index in [0.717, 1.165) is 41.8 Å². The van der Waals surface area contributed by atoms with Crippen molar-refractivity contribution in [2.24, 2.45) is 0 Å². The molecular formula is C21H19NO3. The van der Waals surface area contributed by atoms with Gasteiger partial charge in [-0.1, -0.05) is 29.8 Å². The van der Waals surface area contributed by atoms with Gasteiger partial charge in [0, 0.05) is 23.7 Å². The maximum absolute atomic E-state index is 12.7. The van der Waals surface area contributed by atoms with Gasteiger partial charge >= 0.3 is 0 Å². The summed E-state index contributed by atoms with van der Waals surface area (Å²) in [6, 6.07) is 12.7. The van der Waals surface area contributed by atoms with Crippen molar-refractivity contribution in [1.29, 1.82) is 0 Å². The number of hydrogen-bond donors (Lipinski definition) is 2. The highest BCUT2D eigenvalue weighted by atomic mass is 16.3. The summed E-state index contributed by atoms with van der Waals surface area (Å²) in [6.45, 7) is 3.68. The smallest absolute Gasteiger partial charge is 0.197 e. The zero-order valence-corrected chi connectivity index (χ0v) is 14.0. The van der Waals surface area contributed by atoms with Crippen LogP contribution in [0.2, 0.25) is 0 Å². The SMILES string of the molecule is Cc1cccc(-c2cc(=O)c3c(O)ccc(C4=CCNCC4)c3o2)c1. The molecule has 0 fully saturated rings. The lowest BCUT2D eigenvalue weighted by molar-refractivity contribution is 0.479. The Kier molecular flexibility index (Phi) is 3.90. The molecule has 0 unspecified atom stereocenters. The average molecular weight is 333 g/mol. The monoisotopic (exact) mass is 333 g/mol. The highest BCUT2D eigenvalue weighted by Gasteiger charge is 2.17. The van der Waals surface area contributed by atoms with E-state index in [1.807, 2.05) is 37.3 Å². The van der Waals surface area contributed by atoms with Crippen molar-refractivity contribution in [1.82, 2.24) is 5.32 Å². The van der Waals surface area contributed by atoms with Crippen LogP contribution in [0, 0.1) is 6.92 Å². The van der Waals surface area contributed by atoms with Crippen molar-refractivity contribution in [2.75, 3.05) is 13.1 Å². The Labute approximate surface area is 145 Å². The normalized spacial score (nSPS) is 14.5. The highest BCUT2D eigenvalue weighted by molar-refractivity contribution is 5.94. The first-order valence-corrected chi connectivity index (χ1v) is 8.40. The molecule has 0 bridgehead atoms. The Morgan fingerprint density at radius 2 is 2.04 bits per heavy atom. The Hall–Kier alpha value is -2.85. The van der Waals surface area contributed by atoms with Crippen molar-refractivity contribution in [2.45, 2.75) is 13.3 Å². The highest BCUT2D eigenvalue weighted by Crippen LogP contribution is 2.34. The summed E-state index contributed by atoms with van der Waals surface area (Å²) in [5, 5.41) is 13.7. The molecule has 0 saturated heterocycles. The fraction of sp³-hybridized carbons (Fsp3) is 0.190. The van der Waals surface area contributed by atoms with E-state index in [-0.39, 0.29) is 16.6 Å². The first-order valence-electron chi connectivity index (χ1n) is 8.40. The van der Waals surface area contributed by atoms with Crippen LogP contribution in [-0.4, -0.2) is 18.2 Å². The van der Waals surface area contributed by atoms with Gasteiger partial charge in [-0.3, -0.25) is 4.79 Å². The Morgan fingerprint density at radius 3 is 2.80 bits per heavy atom. The van der Waals surface area contributed by atoms with E-state index in [1.54, 1.807) is 6.07 Å². The van der Waals surface area contributed by atoms with E-state index >= 15 is 0 Å². The third-order valence-electron chi connectivity index (χ3n) is 4.57. The molecule has 2 heterocycles. The Bertz CT molecular complexity index is 1050. The number of hydrogen-bond acceptors (Lipinski definition) is 4. The molecule has 25 heavy (non-hydrogen) atoms. The molecule has 0 amide bonds. The second-order valence-electron chi connectivity index (χ2n) is 6.36. The molecule has 3 aromatic rings. The van der Waals surface area contributed by atoms with Crippen molar-refractivity contribution in [3.05, 3.63) is 69.9 Å². The molecule has 4 nitrogen and oxygen atoms in total. The van der Waals surface area contributed by atoms with Crippen molar-refractivity contribution in [3.63, 3.8) is 0 Å². The van der Waals surface area contributed by atoms with Crippen LogP contribution in [-0.2, 0) is 0 Å². The van der Waals surface area contributed by atoms with Gasteiger partial charge < -0.3 is 14.8 Å². The molecule has 1 aliphatic heterocycles. The summed E-state index contributed by atoms with van der Waals surface area (Å²) in [5.74, 6) is 0.473. The molecule has 0 saturated carbocycles. The number of fused-ring (bicyclic) bond motifs is 1. The van der Waals surface area contributed by atoms with Gasteiger partial charge in [-0.25, -0.2) is 0 Å². The van der Waals surface area contributed by atoms with Gasteiger partial charge in [0.2, 0.25) is 0 Å². The van der Waals surface area contributed by atoms with Crippen LogP contribution in [0.4, 0.5) is 0 Å². The second kappa shape index (κ2) is 6.22.